The fourth-order valence-electron chi connectivity index (χ4n) is 10.00. The summed E-state index contributed by atoms with van der Waals surface area (Å²) in [5.41, 5.74) is 4.02. The summed E-state index contributed by atoms with van der Waals surface area (Å²) in [5.74, 6) is -7.10. The van der Waals surface area contributed by atoms with Crippen LogP contribution in [0.2, 0.25) is 0 Å². The normalized spacial score (nSPS) is 25.8. The maximum Gasteiger partial charge on any atom is 0.332 e. The number of carboxylic acid groups (broad SMARTS) is 1. The molecule has 7 rings (SSSR count). The average molecular weight is 1200 g/mol. The fourth-order valence-corrected chi connectivity index (χ4v) is 10.00. The number of methoxy groups -OCH3 is 1. The second-order valence-corrected chi connectivity index (χ2v) is 21.1. The fraction of sp³-hybridized carbons (Fsp3) is 0.538. The van der Waals surface area contributed by atoms with Gasteiger partial charge in [-0.2, -0.15) is 0 Å². The minimum Gasteiger partial charge on any atom is -0.480 e. The molecule has 464 valence electrons. The number of aromatic nitrogens is 2. The molecule has 4 aliphatic rings. The minimum absolute atomic E-state index is 0.0796. The van der Waals surface area contributed by atoms with Crippen LogP contribution in [0, 0.1) is 23.5 Å². The number of ether oxygens (including phenoxy) is 4. The molecule has 1 aromatic heterocycles. The van der Waals surface area contributed by atoms with E-state index in [1.54, 1.807) is 27.7 Å². The van der Waals surface area contributed by atoms with Crippen molar-refractivity contribution in [1.29, 1.82) is 0 Å². The molecule has 0 radical (unpaired) electrons. The number of aliphatic imine (C=N–C) groups is 1. The highest BCUT2D eigenvalue weighted by atomic mass is 19.1. The Morgan fingerprint density at radius 3 is 2.12 bits per heavy atom. The van der Waals surface area contributed by atoms with Crippen LogP contribution in [0.25, 0.3) is 0 Å². The van der Waals surface area contributed by atoms with Crippen molar-refractivity contribution in [3.8, 4) is 0 Å². The van der Waals surface area contributed by atoms with E-state index in [4.69, 9.17) is 24.7 Å². The minimum atomic E-state index is -2.09. The van der Waals surface area contributed by atoms with E-state index >= 15 is 4.79 Å². The van der Waals surface area contributed by atoms with Crippen LogP contribution in [-0.4, -0.2) is 206 Å². The molecule has 11 unspecified atom stereocenters. The van der Waals surface area contributed by atoms with Crippen molar-refractivity contribution in [1.82, 2.24) is 46.4 Å². The van der Waals surface area contributed by atoms with Gasteiger partial charge in [0.1, 0.15) is 78.5 Å². The van der Waals surface area contributed by atoms with Crippen molar-refractivity contribution < 1.29 is 86.8 Å². The third-order valence-corrected chi connectivity index (χ3v) is 14.5. The first-order valence-corrected chi connectivity index (χ1v) is 27.0. The van der Waals surface area contributed by atoms with Gasteiger partial charge < -0.3 is 92.3 Å². The summed E-state index contributed by atoms with van der Waals surface area (Å²) in [7, 11) is 1.15. The molecule has 15 N–H and O–H groups in total. The number of hydrogen-bond donors (Lipinski definition) is 14. The first-order chi connectivity index (χ1) is 40.3. The SMILES string of the molecule is COC1C(O)[C@@H](CNC(=O)Nc2ccc(F)cc2)O[C@@H]1OC(C1C(=O)N(c2ccc(F)cc2)C(=O)N1CCCNC(=O)C(NC(=O)C(NC(=O)NC(C(=O)O)C(C)C)C1CCN=C(N)N1)C(O)C(C)C)[C@H]1O[C@@H](n2ccc(=O)[nH]c2=O)C(O)C1O. The van der Waals surface area contributed by atoms with Gasteiger partial charge in [-0.05, 0) is 73.2 Å². The maximum atomic E-state index is 15.1. The molecule has 5 heterocycles. The summed E-state index contributed by atoms with van der Waals surface area (Å²) >= 11 is 0. The Morgan fingerprint density at radius 2 is 1.51 bits per heavy atom. The second kappa shape index (κ2) is 28.1. The monoisotopic (exact) mass is 1200 g/mol. The number of aliphatic carboxylic acids is 1. The molecule has 0 aliphatic carbocycles. The van der Waals surface area contributed by atoms with Gasteiger partial charge >= 0.3 is 29.8 Å². The van der Waals surface area contributed by atoms with Crippen LogP contribution in [0.3, 0.4) is 0 Å². The van der Waals surface area contributed by atoms with Crippen LogP contribution in [0.5, 0.6) is 0 Å². The van der Waals surface area contributed by atoms with Gasteiger partial charge in [-0.1, -0.05) is 27.7 Å². The van der Waals surface area contributed by atoms with E-state index in [-0.39, 0.29) is 43.3 Å². The van der Waals surface area contributed by atoms with Crippen molar-refractivity contribution >= 4 is 59.1 Å². The molecule has 31 nitrogen and oxygen atoms in total. The van der Waals surface area contributed by atoms with Gasteiger partial charge in [-0.15, -0.1) is 0 Å². The lowest BCUT2D eigenvalue weighted by Crippen LogP contribution is -2.66. The number of amides is 9. The number of hydrogen-bond acceptors (Lipinski definition) is 20. The first-order valence-electron chi connectivity index (χ1n) is 27.0. The van der Waals surface area contributed by atoms with Crippen LogP contribution in [0.4, 0.5) is 34.5 Å². The number of imide groups is 1. The lowest BCUT2D eigenvalue weighted by molar-refractivity contribution is -0.232. The molecule has 15 atom stereocenters. The van der Waals surface area contributed by atoms with Gasteiger partial charge in [0.05, 0.1) is 17.8 Å². The van der Waals surface area contributed by atoms with Crippen molar-refractivity contribution in [2.45, 2.75) is 132 Å². The highest BCUT2D eigenvalue weighted by Crippen LogP contribution is 2.39. The number of halogens is 2. The van der Waals surface area contributed by atoms with Gasteiger partial charge in [-0.3, -0.25) is 33.7 Å². The number of H-pyrrole nitrogens is 1. The van der Waals surface area contributed by atoms with E-state index in [9.17, 15) is 72.7 Å². The Bertz CT molecular complexity index is 3050. The number of aliphatic hydroxyl groups excluding tert-OH is 4. The Hall–Kier alpha value is -8.18. The van der Waals surface area contributed by atoms with Crippen LogP contribution in [0.15, 0.2) is 75.4 Å². The van der Waals surface area contributed by atoms with Crippen molar-refractivity contribution in [2.75, 3.05) is 43.5 Å². The zero-order valence-corrected chi connectivity index (χ0v) is 46.5. The summed E-state index contributed by atoms with van der Waals surface area (Å²) in [6, 6.07) is -0.649. The zero-order valence-electron chi connectivity index (χ0n) is 46.5. The van der Waals surface area contributed by atoms with Crippen LogP contribution in [0.1, 0.15) is 46.8 Å². The third-order valence-electron chi connectivity index (χ3n) is 14.5. The Labute approximate surface area is 482 Å². The van der Waals surface area contributed by atoms with E-state index < -0.39 is 181 Å². The molecule has 4 aliphatic heterocycles. The number of carbonyl (C=O) groups excluding carboxylic acids is 6. The number of carbonyl (C=O) groups is 7. The maximum absolute atomic E-state index is 15.1. The summed E-state index contributed by atoms with van der Waals surface area (Å²) in [6.45, 7) is 5.00. The number of nitrogens with zero attached hydrogens (tertiary/aromatic N) is 4. The highest BCUT2D eigenvalue weighted by Gasteiger charge is 2.59. The molecule has 85 heavy (non-hydrogen) atoms. The molecule has 0 spiro atoms. The summed E-state index contributed by atoms with van der Waals surface area (Å²) < 4.78 is 52.9. The van der Waals surface area contributed by atoms with Gasteiger partial charge in [-0.25, -0.2) is 37.7 Å². The van der Waals surface area contributed by atoms with Gasteiger partial charge in [0.2, 0.25) is 11.8 Å². The number of nitrogens with two attached hydrogens (primary N) is 1. The third kappa shape index (κ3) is 15.2. The Morgan fingerprint density at radius 1 is 0.835 bits per heavy atom. The Balaban J connectivity index is 1.16. The smallest absolute Gasteiger partial charge is 0.332 e. The number of anilines is 2. The quantitative estimate of drug-likeness (QED) is 0.0315. The van der Waals surface area contributed by atoms with Gasteiger partial charge in [0.15, 0.2) is 18.5 Å². The molecule has 0 bridgehead atoms. The van der Waals surface area contributed by atoms with E-state index in [0.29, 0.717) is 4.90 Å². The van der Waals surface area contributed by atoms with E-state index in [0.717, 1.165) is 65.2 Å². The number of benzene rings is 2. The molecule has 9 amide bonds. The Kier molecular flexibility index (Phi) is 21.3. The predicted octanol–water partition coefficient (Wildman–Crippen LogP) is -2.96. The lowest BCUT2D eigenvalue weighted by atomic mass is 9.97. The summed E-state index contributed by atoms with van der Waals surface area (Å²) in [5, 5.41) is 73.5. The molecule has 3 fully saturated rings. The van der Waals surface area contributed by atoms with Crippen LogP contribution < -0.4 is 59.1 Å². The van der Waals surface area contributed by atoms with Crippen molar-refractivity contribution in [3.63, 3.8) is 0 Å². The van der Waals surface area contributed by atoms with Crippen molar-refractivity contribution in [2.24, 2.45) is 22.6 Å². The number of guanidine groups is 1. The van der Waals surface area contributed by atoms with Crippen LogP contribution in [-0.2, 0) is 38.1 Å². The first kappa shape index (κ1) is 64.4. The standard InChI is InChI=1S/C52H69F2N13O18/c1-22(2)31(46(76)77)63-50(79)64-32(28-15-18-57-48(55)60-28)43(74)62-33(35(69)23(3)4)42(73)56-17-6-19-65-34(44(75)67(52(65)81)27-13-9-25(54)10-14-27)39(40-37(71)38(72)45(84-40)66-20-16-30(68)61-51(66)80)85-47-41(82-5)36(70)29(83-47)21-58-49(78)59-26-11-7-24(53)8-12-26/h7-14,16,20,22-23,28-29,31-41,45,47,69-72H,6,15,17-19,21H2,1-5H3,(H,56,73)(H,62,74)(H,76,77)(H3,55,57,60)(H2,58,59,78)(H,61,68,80)(H2,63,64,79)/t28?,29-,31?,32?,33?,34?,35?,36?,37?,38?,39?,40+,41?,45-,47-/m1/s1. The molecule has 33 heteroatoms. The number of aromatic amines is 1. The number of aliphatic hydroxyl groups is 4. The van der Waals surface area contributed by atoms with E-state index in [1.165, 1.54) is 12.1 Å². The van der Waals surface area contributed by atoms with Gasteiger partial charge in [0.25, 0.3) is 11.5 Å². The lowest BCUT2D eigenvalue weighted by Gasteiger charge is -2.36. The number of rotatable bonds is 24. The molecular formula is C52H69F2N13O18. The summed E-state index contributed by atoms with van der Waals surface area (Å²) in [4.78, 5) is 129. The molecule has 3 saturated heterocycles. The average Bonchev–Trinajstić information content (AvgIpc) is 3.02. The topological polar surface area (TPSA) is 441 Å². The number of urea groups is 3. The number of nitrogens with one attached hydrogen (secondary N) is 8. The van der Waals surface area contributed by atoms with Gasteiger partial charge in [0, 0.05) is 51.2 Å². The molecular weight excluding hydrogens is 1130 g/mol. The second-order valence-electron chi connectivity index (χ2n) is 21.1. The van der Waals surface area contributed by atoms with Crippen molar-refractivity contribution in [3.05, 3.63) is 93.3 Å². The number of carboxylic acids is 1. The predicted molar refractivity (Wildman–Crippen MR) is 291 cm³/mol. The summed E-state index contributed by atoms with van der Waals surface area (Å²) in [6.07, 6.45) is -16.8. The molecule has 2 aromatic carbocycles. The van der Waals surface area contributed by atoms with E-state index in [1.807, 2.05) is 4.98 Å². The largest absolute Gasteiger partial charge is 0.480 e. The van der Waals surface area contributed by atoms with Crippen LogP contribution >= 0.6 is 0 Å². The van der Waals surface area contributed by atoms with E-state index in [2.05, 4.69) is 42.2 Å². The zero-order chi connectivity index (χ0) is 62.1. The molecule has 0 saturated carbocycles. The molecule has 3 aromatic rings. The highest BCUT2D eigenvalue weighted by molar-refractivity contribution is 6.21.